The number of carbonyl (C=O) groups is 1. The van der Waals surface area contributed by atoms with Crippen molar-refractivity contribution in [3.8, 4) is 0 Å². The standard InChI is InChI=1S/C52H86O12S/c1-3-5-7-9-11-13-15-17-18-19-20-21-22-23-24-25-26-27-28-29-30-32-34-36-38-40-42-60-44-46(62-48(54)41-39-37-35-33-31-16-14-12-10-8-6-4-2)45-61-52-50(56)51(64-65(57,58)59)49(55)47(43-53)63-52/h5,7,11-14,17-18,20-21,23-24,26-27,29-30,46-47,49-53,55-56H,3-4,6,8-10,15-16,19,22,25,28,31-45H2,1-2H3,(H,57,58,59)/b7-5-,13-11-,14-12-,18-17-,21-20-,24-23-,27-26-,30-29-. The van der Waals surface area contributed by atoms with E-state index in [-0.39, 0.29) is 19.6 Å². The quantitative estimate of drug-likeness (QED) is 0.0198. The van der Waals surface area contributed by atoms with Crippen LogP contribution in [0.2, 0.25) is 0 Å². The molecular weight excluding hydrogens is 849 g/mol. The first-order chi connectivity index (χ1) is 31.6. The van der Waals surface area contributed by atoms with Crippen LogP contribution in [0.25, 0.3) is 0 Å². The molecule has 0 bridgehead atoms. The summed E-state index contributed by atoms with van der Waals surface area (Å²) in [4.78, 5) is 12.8. The number of esters is 1. The number of hydrogen-bond donors (Lipinski definition) is 4. The highest BCUT2D eigenvalue weighted by Crippen LogP contribution is 2.26. The summed E-state index contributed by atoms with van der Waals surface area (Å²) in [6.07, 6.45) is 48.7. The highest BCUT2D eigenvalue weighted by Gasteiger charge is 2.48. The van der Waals surface area contributed by atoms with E-state index in [1.54, 1.807) is 0 Å². The van der Waals surface area contributed by atoms with E-state index in [0.29, 0.717) is 13.0 Å². The van der Waals surface area contributed by atoms with Crippen LogP contribution in [-0.2, 0) is 38.3 Å². The maximum absolute atomic E-state index is 12.8. The zero-order chi connectivity index (χ0) is 47.5. The lowest BCUT2D eigenvalue weighted by atomic mass is 9.99. The molecule has 1 heterocycles. The molecule has 6 unspecified atom stereocenters. The summed E-state index contributed by atoms with van der Waals surface area (Å²) in [5, 5.41) is 30.7. The normalized spacial score (nSPS) is 20.5. The Morgan fingerprint density at radius 1 is 0.600 bits per heavy atom. The molecule has 1 rings (SSSR count). The molecule has 1 aliphatic rings. The Morgan fingerprint density at radius 3 is 1.57 bits per heavy atom. The van der Waals surface area contributed by atoms with Crippen LogP contribution in [0.3, 0.4) is 0 Å². The minimum Gasteiger partial charge on any atom is -0.457 e. The van der Waals surface area contributed by atoms with Crippen molar-refractivity contribution in [2.75, 3.05) is 26.4 Å². The lowest BCUT2D eigenvalue weighted by molar-refractivity contribution is -0.301. The predicted molar refractivity (Wildman–Crippen MR) is 261 cm³/mol. The molecule has 13 heteroatoms. The van der Waals surface area contributed by atoms with E-state index in [2.05, 4.69) is 115 Å². The maximum Gasteiger partial charge on any atom is 0.397 e. The Balaban J connectivity index is 2.38. The van der Waals surface area contributed by atoms with Crippen LogP contribution < -0.4 is 0 Å². The van der Waals surface area contributed by atoms with Crippen LogP contribution in [0.15, 0.2) is 97.2 Å². The highest BCUT2D eigenvalue weighted by molar-refractivity contribution is 7.80. The summed E-state index contributed by atoms with van der Waals surface area (Å²) in [6, 6.07) is 0. The third-order valence-electron chi connectivity index (χ3n) is 10.4. The van der Waals surface area contributed by atoms with Gasteiger partial charge in [0, 0.05) is 13.0 Å². The van der Waals surface area contributed by atoms with Gasteiger partial charge < -0.3 is 34.3 Å². The van der Waals surface area contributed by atoms with Gasteiger partial charge in [-0.3, -0.25) is 9.35 Å². The van der Waals surface area contributed by atoms with Crippen molar-refractivity contribution in [3.05, 3.63) is 97.2 Å². The number of aliphatic hydroxyl groups is 3. The first-order valence-electron chi connectivity index (χ1n) is 24.5. The third-order valence-corrected chi connectivity index (χ3v) is 10.9. The molecule has 0 saturated carbocycles. The zero-order valence-electron chi connectivity index (χ0n) is 39.8. The summed E-state index contributed by atoms with van der Waals surface area (Å²) < 4.78 is 59.1. The fourth-order valence-corrected chi connectivity index (χ4v) is 7.27. The summed E-state index contributed by atoms with van der Waals surface area (Å²) in [7, 11) is -5.07. The van der Waals surface area contributed by atoms with Crippen LogP contribution >= 0.6 is 0 Å². The molecule has 0 amide bonds. The van der Waals surface area contributed by atoms with Gasteiger partial charge >= 0.3 is 16.4 Å². The van der Waals surface area contributed by atoms with Crippen molar-refractivity contribution in [3.63, 3.8) is 0 Å². The van der Waals surface area contributed by atoms with E-state index < -0.39 is 59.8 Å². The number of rotatable bonds is 41. The Bertz CT molecular complexity index is 1500. The lowest BCUT2D eigenvalue weighted by Gasteiger charge is -2.41. The van der Waals surface area contributed by atoms with Crippen LogP contribution in [-0.4, -0.2) is 97.5 Å². The van der Waals surface area contributed by atoms with Gasteiger partial charge in [-0.15, -0.1) is 0 Å². The molecule has 1 aliphatic heterocycles. The van der Waals surface area contributed by atoms with Crippen LogP contribution in [0.1, 0.15) is 162 Å². The molecule has 0 aromatic carbocycles. The molecule has 65 heavy (non-hydrogen) atoms. The van der Waals surface area contributed by atoms with Gasteiger partial charge in [-0.25, -0.2) is 4.18 Å². The molecule has 12 nitrogen and oxygen atoms in total. The topological polar surface area (TPSA) is 178 Å². The van der Waals surface area contributed by atoms with E-state index in [1.807, 2.05) is 0 Å². The molecule has 0 spiro atoms. The van der Waals surface area contributed by atoms with E-state index in [0.717, 1.165) is 116 Å². The second kappa shape index (κ2) is 42.4. The first kappa shape index (κ1) is 60.0. The molecule has 0 aromatic heterocycles. The average molecular weight is 935 g/mol. The van der Waals surface area contributed by atoms with Gasteiger partial charge in [-0.2, -0.15) is 8.42 Å². The average Bonchev–Trinajstić information content (AvgIpc) is 3.28. The lowest BCUT2D eigenvalue weighted by Crippen LogP contribution is -2.60. The van der Waals surface area contributed by atoms with E-state index in [1.165, 1.54) is 19.3 Å². The van der Waals surface area contributed by atoms with Gasteiger partial charge in [0.15, 0.2) is 6.29 Å². The molecule has 372 valence electrons. The maximum atomic E-state index is 12.8. The SMILES string of the molecule is CC/C=C\C/C=C\C/C=C\C/C=C\C/C=C\C/C=C\C/C=C\CCCCCCOCC(COC1OC(CO)C(O)C(OS(=O)(=O)O)C1O)OC(=O)CCCCCCC/C=C\CCCCC. The largest absolute Gasteiger partial charge is 0.457 e. The molecule has 0 aromatic rings. The van der Waals surface area contributed by atoms with Crippen LogP contribution in [0.4, 0.5) is 0 Å². The minimum absolute atomic E-state index is 0.00878. The van der Waals surface area contributed by atoms with Crippen molar-refractivity contribution in [1.82, 2.24) is 0 Å². The molecule has 6 atom stereocenters. The van der Waals surface area contributed by atoms with E-state index >= 15 is 0 Å². The molecule has 1 fully saturated rings. The van der Waals surface area contributed by atoms with Crippen LogP contribution in [0, 0.1) is 0 Å². The number of hydrogen-bond acceptors (Lipinski definition) is 11. The van der Waals surface area contributed by atoms with Gasteiger partial charge in [-0.1, -0.05) is 156 Å². The van der Waals surface area contributed by atoms with Crippen molar-refractivity contribution in [2.45, 2.75) is 198 Å². The second-order valence-electron chi connectivity index (χ2n) is 16.3. The summed E-state index contributed by atoms with van der Waals surface area (Å²) in [5.41, 5.74) is 0. The fraction of sp³-hybridized carbons (Fsp3) is 0.673. The van der Waals surface area contributed by atoms with Crippen molar-refractivity contribution in [1.29, 1.82) is 0 Å². The van der Waals surface area contributed by atoms with Gasteiger partial charge in [0.25, 0.3) is 0 Å². The van der Waals surface area contributed by atoms with Gasteiger partial charge in [-0.05, 0) is 96.3 Å². The van der Waals surface area contributed by atoms with Crippen molar-refractivity contribution < 1.29 is 56.2 Å². The molecule has 0 aliphatic carbocycles. The minimum atomic E-state index is -5.07. The molecule has 1 saturated heterocycles. The van der Waals surface area contributed by atoms with Gasteiger partial charge in [0.05, 0.1) is 19.8 Å². The van der Waals surface area contributed by atoms with Crippen molar-refractivity contribution >= 4 is 16.4 Å². The molecule has 0 radical (unpaired) electrons. The number of carbonyl (C=O) groups excluding carboxylic acids is 1. The smallest absolute Gasteiger partial charge is 0.397 e. The number of aliphatic hydroxyl groups excluding tert-OH is 3. The summed E-state index contributed by atoms with van der Waals surface area (Å²) >= 11 is 0. The Morgan fingerprint density at radius 2 is 1.06 bits per heavy atom. The third kappa shape index (κ3) is 35.8. The van der Waals surface area contributed by atoms with E-state index in [9.17, 15) is 28.5 Å². The van der Waals surface area contributed by atoms with Crippen molar-refractivity contribution in [2.24, 2.45) is 0 Å². The predicted octanol–water partition coefficient (Wildman–Crippen LogP) is 11.0. The zero-order valence-corrected chi connectivity index (χ0v) is 40.6. The number of unbranched alkanes of at least 4 members (excludes halogenated alkanes) is 12. The second-order valence-corrected chi connectivity index (χ2v) is 17.4. The summed E-state index contributed by atoms with van der Waals surface area (Å²) in [5.74, 6) is -0.424. The van der Waals surface area contributed by atoms with Gasteiger partial charge in [0.2, 0.25) is 0 Å². The molecule has 4 N–H and O–H groups in total. The van der Waals surface area contributed by atoms with Crippen LogP contribution in [0.5, 0.6) is 0 Å². The number of allylic oxidation sites excluding steroid dienone is 16. The Kier molecular flexibility index (Phi) is 39.1. The molecular formula is C52H86O12S. The highest BCUT2D eigenvalue weighted by atomic mass is 32.3. The van der Waals surface area contributed by atoms with E-state index in [4.69, 9.17) is 23.5 Å². The monoisotopic (exact) mass is 935 g/mol. The first-order valence-corrected chi connectivity index (χ1v) is 25.9. The Hall–Kier alpha value is -2.98. The Labute approximate surface area is 393 Å². The number of ether oxygens (including phenoxy) is 4. The summed E-state index contributed by atoms with van der Waals surface area (Å²) in [6.45, 7) is 3.75. The fourth-order valence-electron chi connectivity index (χ4n) is 6.76. The van der Waals surface area contributed by atoms with Gasteiger partial charge in [0.1, 0.15) is 30.5 Å².